The number of hydrogen-bond acceptors (Lipinski definition) is 6. The second-order valence-electron chi connectivity index (χ2n) is 5.57. The van der Waals surface area contributed by atoms with E-state index in [4.69, 9.17) is 9.47 Å². The van der Waals surface area contributed by atoms with E-state index in [1.165, 1.54) is 0 Å². The SMILES string of the molecule is O=C1CCC(CCS(=O)CCS(=O)CCC2CCC(=O)O2)O1. The Morgan fingerprint density at radius 2 is 1.18 bits per heavy atom. The molecule has 0 aromatic heterocycles. The van der Waals surface area contributed by atoms with Crippen LogP contribution in [0.15, 0.2) is 0 Å². The molecule has 6 nitrogen and oxygen atoms in total. The van der Waals surface area contributed by atoms with E-state index in [9.17, 15) is 18.0 Å². The molecule has 0 aromatic carbocycles. The molecule has 0 spiro atoms. The van der Waals surface area contributed by atoms with E-state index in [0.29, 0.717) is 61.5 Å². The first kappa shape index (κ1) is 17.6. The van der Waals surface area contributed by atoms with E-state index < -0.39 is 21.6 Å². The van der Waals surface area contributed by atoms with Crippen molar-refractivity contribution in [2.45, 2.75) is 50.7 Å². The van der Waals surface area contributed by atoms with Gasteiger partial charge in [0.1, 0.15) is 12.2 Å². The summed E-state index contributed by atoms with van der Waals surface area (Å²) in [5.74, 6) is 1.41. The molecule has 2 aliphatic rings. The van der Waals surface area contributed by atoms with Crippen LogP contribution in [-0.2, 0) is 40.7 Å². The van der Waals surface area contributed by atoms with Crippen LogP contribution in [0.25, 0.3) is 0 Å². The molecule has 0 amide bonds. The summed E-state index contributed by atoms with van der Waals surface area (Å²) in [4.78, 5) is 21.9. The number of ether oxygens (including phenoxy) is 2. The molecule has 4 unspecified atom stereocenters. The average Bonchev–Trinajstić information content (AvgIpc) is 3.09. The molecule has 2 saturated heterocycles. The number of esters is 2. The normalized spacial score (nSPS) is 27.5. The molecule has 22 heavy (non-hydrogen) atoms. The Morgan fingerprint density at radius 3 is 1.50 bits per heavy atom. The lowest BCUT2D eigenvalue weighted by Crippen LogP contribution is -2.18. The van der Waals surface area contributed by atoms with E-state index in [0.717, 1.165) is 0 Å². The summed E-state index contributed by atoms with van der Waals surface area (Å²) in [7, 11) is -2.06. The van der Waals surface area contributed by atoms with E-state index in [1.54, 1.807) is 0 Å². The van der Waals surface area contributed by atoms with Gasteiger partial charge in [0.2, 0.25) is 0 Å². The van der Waals surface area contributed by atoms with Gasteiger partial charge in [0, 0.05) is 57.5 Å². The van der Waals surface area contributed by atoms with Gasteiger partial charge < -0.3 is 9.47 Å². The van der Waals surface area contributed by atoms with Crippen molar-refractivity contribution in [1.29, 1.82) is 0 Å². The highest BCUT2D eigenvalue weighted by Crippen LogP contribution is 2.18. The molecule has 0 aliphatic carbocycles. The largest absolute Gasteiger partial charge is 0.462 e. The molecule has 2 rings (SSSR count). The minimum Gasteiger partial charge on any atom is -0.462 e. The van der Waals surface area contributed by atoms with Crippen molar-refractivity contribution in [3.05, 3.63) is 0 Å². The van der Waals surface area contributed by atoms with Crippen molar-refractivity contribution >= 4 is 33.5 Å². The van der Waals surface area contributed by atoms with Gasteiger partial charge in [-0.1, -0.05) is 0 Å². The fraction of sp³-hybridized carbons (Fsp3) is 0.857. The molecule has 0 aromatic rings. The zero-order valence-electron chi connectivity index (χ0n) is 12.5. The number of rotatable bonds is 9. The molecule has 126 valence electrons. The van der Waals surface area contributed by atoms with Gasteiger partial charge in [-0.2, -0.15) is 0 Å². The third kappa shape index (κ3) is 6.16. The van der Waals surface area contributed by atoms with Crippen LogP contribution >= 0.6 is 0 Å². The maximum absolute atomic E-state index is 11.9. The van der Waals surface area contributed by atoms with Gasteiger partial charge in [0.15, 0.2) is 0 Å². The highest BCUT2D eigenvalue weighted by Gasteiger charge is 2.24. The van der Waals surface area contributed by atoms with Gasteiger partial charge in [0.05, 0.1) is 0 Å². The molecule has 4 atom stereocenters. The second-order valence-corrected chi connectivity index (χ2v) is 8.97. The van der Waals surface area contributed by atoms with Crippen LogP contribution in [0.1, 0.15) is 38.5 Å². The zero-order valence-corrected chi connectivity index (χ0v) is 14.1. The van der Waals surface area contributed by atoms with Crippen molar-refractivity contribution < 1.29 is 27.5 Å². The summed E-state index contributed by atoms with van der Waals surface area (Å²) < 4.78 is 33.8. The van der Waals surface area contributed by atoms with Crippen molar-refractivity contribution in [1.82, 2.24) is 0 Å². The van der Waals surface area contributed by atoms with E-state index in [2.05, 4.69) is 0 Å². The summed E-state index contributed by atoms with van der Waals surface area (Å²) >= 11 is 0. The highest BCUT2D eigenvalue weighted by atomic mass is 32.2. The Hall–Kier alpha value is -0.760. The summed E-state index contributed by atoms with van der Waals surface area (Å²) in [5.41, 5.74) is 0. The maximum atomic E-state index is 11.9. The molecule has 0 radical (unpaired) electrons. The maximum Gasteiger partial charge on any atom is 0.306 e. The van der Waals surface area contributed by atoms with Crippen LogP contribution in [0.5, 0.6) is 0 Å². The van der Waals surface area contributed by atoms with Crippen LogP contribution < -0.4 is 0 Å². The van der Waals surface area contributed by atoms with Gasteiger partial charge in [-0.3, -0.25) is 18.0 Å². The van der Waals surface area contributed by atoms with Crippen molar-refractivity contribution in [2.75, 3.05) is 23.0 Å². The smallest absolute Gasteiger partial charge is 0.306 e. The molecular weight excluding hydrogens is 328 g/mol. The Bertz CT molecular complexity index is 422. The molecule has 0 saturated carbocycles. The van der Waals surface area contributed by atoms with E-state index in [1.807, 2.05) is 0 Å². The lowest BCUT2D eigenvalue weighted by atomic mass is 10.2. The van der Waals surface area contributed by atoms with Crippen LogP contribution in [-0.4, -0.2) is 55.6 Å². The molecular formula is C14H22O6S2. The fourth-order valence-electron chi connectivity index (χ4n) is 2.49. The first-order valence-electron chi connectivity index (χ1n) is 7.62. The molecule has 0 N–H and O–H groups in total. The third-order valence-corrected chi connectivity index (χ3v) is 6.77. The molecule has 2 fully saturated rings. The molecule has 0 bridgehead atoms. The van der Waals surface area contributed by atoms with Crippen LogP contribution in [0.4, 0.5) is 0 Å². The Balaban J connectivity index is 1.52. The summed E-state index contributed by atoms with van der Waals surface area (Å²) in [5, 5.41) is 0. The van der Waals surface area contributed by atoms with Gasteiger partial charge in [-0.25, -0.2) is 0 Å². The summed E-state index contributed by atoms with van der Waals surface area (Å²) in [6, 6.07) is 0. The first-order valence-corrected chi connectivity index (χ1v) is 10.6. The van der Waals surface area contributed by atoms with Crippen LogP contribution in [0, 0.1) is 0 Å². The van der Waals surface area contributed by atoms with Crippen molar-refractivity contribution in [3.63, 3.8) is 0 Å². The minimum absolute atomic E-state index is 0.0981. The van der Waals surface area contributed by atoms with Crippen LogP contribution in [0.3, 0.4) is 0 Å². The Labute approximate surface area is 135 Å². The Kier molecular flexibility index (Phi) is 7.01. The second kappa shape index (κ2) is 8.76. The highest BCUT2D eigenvalue weighted by molar-refractivity contribution is 7.88. The standard InChI is InChI=1S/C14H22O6S2/c15-13-3-1-11(19-13)5-7-21(17)9-10-22(18)8-6-12-2-4-14(16)20-12/h11-12H,1-10H2. The quantitative estimate of drug-likeness (QED) is 0.568. The van der Waals surface area contributed by atoms with Gasteiger partial charge >= 0.3 is 11.9 Å². The van der Waals surface area contributed by atoms with Gasteiger partial charge in [-0.15, -0.1) is 0 Å². The van der Waals surface area contributed by atoms with Crippen LogP contribution in [0.2, 0.25) is 0 Å². The summed E-state index contributed by atoms with van der Waals surface area (Å²) in [6.45, 7) is 0. The first-order chi connectivity index (χ1) is 10.5. The number of hydrogen-bond donors (Lipinski definition) is 0. The monoisotopic (exact) mass is 350 g/mol. The van der Waals surface area contributed by atoms with Gasteiger partial charge in [-0.05, 0) is 25.7 Å². The van der Waals surface area contributed by atoms with Gasteiger partial charge in [0.25, 0.3) is 0 Å². The fourth-order valence-corrected chi connectivity index (χ4v) is 5.43. The average molecular weight is 350 g/mol. The lowest BCUT2D eigenvalue weighted by Gasteiger charge is -2.09. The zero-order chi connectivity index (χ0) is 15.9. The minimum atomic E-state index is -1.03. The van der Waals surface area contributed by atoms with Crippen molar-refractivity contribution in [2.24, 2.45) is 0 Å². The van der Waals surface area contributed by atoms with E-state index >= 15 is 0 Å². The van der Waals surface area contributed by atoms with E-state index in [-0.39, 0.29) is 24.1 Å². The number of carbonyl (C=O) groups is 2. The Morgan fingerprint density at radius 1 is 0.773 bits per heavy atom. The predicted molar refractivity (Wildman–Crippen MR) is 83.2 cm³/mol. The van der Waals surface area contributed by atoms with Crippen molar-refractivity contribution in [3.8, 4) is 0 Å². The lowest BCUT2D eigenvalue weighted by molar-refractivity contribution is -0.142. The molecule has 2 heterocycles. The number of carbonyl (C=O) groups excluding carboxylic acids is 2. The third-order valence-electron chi connectivity index (χ3n) is 3.81. The molecule has 2 aliphatic heterocycles. The topological polar surface area (TPSA) is 86.7 Å². The summed E-state index contributed by atoms with van der Waals surface area (Å²) in [6.07, 6.45) is 3.36. The predicted octanol–water partition coefficient (Wildman–Crippen LogP) is 0.675. The molecule has 8 heteroatoms. The number of cyclic esters (lactones) is 2.